The molecule has 0 saturated heterocycles. The molecule has 27 heavy (non-hydrogen) atoms. The molecule has 0 radical (unpaired) electrons. The molecule has 1 fully saturated rings. The van der Waals surface area contributed by atoms with E-state index in [1.807, 2.05) is 0 Å². The minimum Gasteiger partial charge on any atom is -0.505 e. The highest BCUT2D eigenvalue weighted by Gasteiger charge is 2.34. The van der Waals surface area contributed by atoms with Gasteiger partial charge in [0.2, 0.25) is 0 Å². The summed E-state index contributed by atoms with van der Waals surface area (Å²) in [4.78, 5) is 12.1. The van der Waals surface area contributed by atoms with Crippen LogP contribution in [0.2, 0.25) is 5.02 Å². The van der Waals surface area contributed by atoms with Gasteiger partial charge in [-0.25, -0.2) is 4.39 Å². The van der Waals surface area contributed by atoms with Gasteiger partial charge in [-0.1, -0.05) is 11.6 Å². The number of ether oxygens (including phenoxy) is 1. The number of halogens is 2. The molecule has 0 aromatic heterocycles. The van der Waals surface area contributed by atoms with Gasteiger partial charge in [-0.3, -0.25) is 4.79 Å². The molecule has 1 saturated carbocycles. The van der Waals surface area contributed by atoms with Crippen molar-refractivity contribution in [2.24, 2.45) is 0 Å². The molecular formula is C20H21ClFNO4. The van der Waals surface area contributed by atoms with Crippen LogP contribution in [0.4, 0.5) is 4.39 Å². The van der Waals surface area contributed by atoms with Crippen molar-refractivity contribution in [2.45, 2.75) is 37.4 Å². The molecule has 0 unspecified atom stereocenters. The molecule has 1 aliphatic carbocycles. The van der Waals surface area contributed by atoms with Crippen molar-refractivity contribution in [2.75, 3.05) is 6.54 Å². The minimum atomic E-state index is -1.02. The second-order valence-corrected chi connectivity index (χ2v) is 7.28. The number of phenolic OH excluding ortho intramolecular Hbond substituents is 1. The SMILES string of the molecule is O=C(NCC1(O)CCC(Oc2ccc(Cl)cc2)CC1)c1ccc(O)c(F)c1. The molecule has 0 atom stereocenters. The Labute approximate surface area is 161 Å². The van der Waals surface area contributed by atoms with Gasteiger partial charge in [-0.2, -0.15) is 0 Å². The Balaban J connectivity index is 1.49. The van der Waals surface area contributed by atoms with Crippen LogP contribution >= 0.6 is 11.6 Å². The summed E-state index contributed by atoms with van der Waals surface area (Å²) in [5.41, 5.74) is -0.931. The third-order valence-corrected chi connectivity index (χ3v) is 5.02. The number of aromatic hydroxyl groups is 1. The van der Waals surface area contributed by atoms with Gasteiger partial charge in [-0.15, -0.1) is 0 Å². The zero-order valence-electron chi connectivity index (χ0n) is 14.6. The summed E-state index contributed by atoms with van der Waals surface area (Å²) >= 11 is 5.86. The summed E-state index contributed by atoms with van der Waals surface area (Å²) in [7, 11) is 0. The van der Waals surface area contributed by atoms with E-state index < -0.39 is 23.1 Å². The second kappa shape index (κ2) is 8.15. The van der Waals surface area contributed by atoms with Crippen LogP contribution in [0.5, 0.6) is 11.5 Å². The average molecular weight is 394 g/mol. The van der Waals surface area contributed by atoms with E-state index >= 15 is 0 Å². The number of carbonyl (C=O) groups excluding carboxylic acids is 1. The summed E-state index contributed by atoms with van der Waals surface area (Å²) in [5, 5.41) is 23.1. The molecule has 0 spiro atoms. The first-order valence-electron chi connectivity index (χ1n) is 8.76. The van der Waals surface area contributed by atoms with Crippen molar-refractivity contribution in [1.29, 1.82) is 0 Å². The van der Waals surface area contributed by atoms with Crippen molar-refractivity contribution < 1.29 is 24.1 Å². The van der Waals surface area contributed by atoms with E-state index in [1.165, 1.54) is 6.07 Å². The number of amides is 1. The van der Waals surface area contributed by atoms with Crippen molar-refractivity contribution in [3.8, 4) is 11.5 Å². The number of phenols is 1. The average Bonchev–Trinajstić information content (AvgIpc) is 2.66. The van der Waals surface area contributed by atoms with Crippen molar-refractivity contribution in [1.82, 2.24) is 5.32 Å². The molecule has 3 N–H and O–H groups in total. The molecule has 1 aliphatic rings. The summed E-state index contributed by atoms with van der Waals surface area (Å²) in [5.74, 6) is -1.13. The van der Waals surface area contributed by atoms with Gasteiger partial charge in [0.1, 0.15) is 5.75 Å². The molecule has 0 aliphatic heterocycles. The minimum absolute atomic E-state index is 0.00616. The number of aliphatic hydroxyl groups is 1. The highest BCUT2D eigenvalue weighted by molar-refractivity contribution is 6.30. The number of benzene rings is 2. The maximum absolute atomic E-state index is 13.4. The first-order chi connectivity index (χ1) is 12.8. The molecule has 3 rings (SSSR count). The lowest BCUT2D eigenvalue weighted by Crippen LogP contribution is -2.46. The number of hydrogen-bond acceptors (Lipinski definition) is 4. The lowest BCUT2D eigenvalue weighted by Gasteiger charge is -2.36. The van der Waals surface area contributed by atoms with Crippen LogP contribution in [0, 0.1) is 5.82 Å². The summed E-state index contributed by atoms with van der Waals surface area (Å²) < 4.78 is 19.3. The Morgan fingerprint density at radius 2 is 1.89 bits per heavy atom. The molecular weight excluding hydrogens is 373 g/mol. The Kier molecular flexibility index (Phi) is 5.87. The third-order valence-electron chi connectivity index (χ3n) is 4.77. The smallest absolute Gasteiger partial charge is 0.251 e. The Bertz CT molecular complexity index is 804. The van der Waals surface area contributed by atoms with E-state index in [2.05, 4.69) is 5.32 Å². The zero-order chi connectivity index (χ0) is 19.4. The van der Waals surface area contributed by atoms with Gasteiger partial charge in [0, 0.05) is 17.1 Å². The predicted molar refractivity (Wildman–Crippen MR) is 99.7 cm³/mol. The molecule has 7 heteroatoms. The number of carbonyl (C=O) groups is 1. The summed E-state index contributed by atoms with van der Waals surface area (Å²) in [6.07, 6.45) is 2.27. The fourth-order valence-electron chi connectivity index (χ4n) is 3.12. The number of nitrogens with one attached hydrogen (secondary N) is 1. The number of rotatable bonds is 5. The van der Waals surface area contributed by atoms with Crippen molar-refractivity contribution in [3.05, 3.63) is 58.9 Å². The lowest BCUT2D eigenvalue weighted by molar-refractivity contribution is -0.0234. The summed E-state index contributed by atoms with van der Waals surface area (Å²) in [6, 6.07) is 10.5. The first kappa shape index (κ1) is 19.5. The third kappa shape index (κ3) is 5.11. The second-order valence-electron chi connectivity index (χ2n) is 6.84. The van der Waals surface area contributed by atoms with Gasteiger partial charge < -0.3 is 20.3 Å². The Hall–Kier alpha value is -2.31. The van der Waals surface area contributed by atoms with Crippen LogP contribution in [-0.4, -0.2) is 34.4 Å². The monoisotopic (exact) mass is 393 g/mol. The van der Waals surface area contributed by atoms with Crippen LogP contribution in [-0.2, 0) is 0 Å². The highest BCUT2D eigenvalue weighted by Crippen LogP contribution is 2.31. The maximum Gasteiger partial charge on any atom is 0.251 e. The van der Waals surface area contributed by atoms with Gasteiger partial charge in [0.25, 0.3) is 5.91 Å². The van der Waals surface area contributed by atoms with E-state index in [1.54, 1.807) is 24.3 Å². The quantitative estimate of drug-likeness (QED) is 0.724. The molecule has 5 nitrogen and oxygen atoms in total. The molecule has 144 valence electrons. The molecule has 0 heterocycles. The molecule has 2 aromatic carbocycles. The van der Waals surface area contributed by atoms with Crippen LogP contribution < -0.4 is 10.1 Å². The molecule has 2 aromatic rings. The van der Waals surface area contributed by atoms with E-state index in [0.29, 0.717) is 30.7 Å². The zero-order valence-corrected chi connectivity index (χ0v) is 15.4. The highest BCUT2D eigenvalue weighted by atomic mass is 35.5. The van der Waals surface area contributed by atoms with E-state index in [-0.39, 0.29) is 18.2 Å². The maximum atomic E-state index is 13.4. The van der Waals surface area contributed by atoms with Crippen molar-refractivity contribution in [3.63, 3.8) is 0 Å². The fourth-order valence-corrected chi connectivity index (χ4v) is 3.25. The van der Waals surface area contributed by atoms with Gasteiger partial charge in [0.05, 0.1) is 11.7 Å². The lowest BCUT2D eigenvalue weighted by atomic mass is 9.83. The summed E-state index contributed by atoms with van der Waals surface area (Å²) in [6.45, 7) is 0.0714. The van der Waals surface area contributed by atoms with Crippen LogP contribution in [0.15, 0.2) is 42.5 Å². The largest absolute Gasteiger partial charge is 0.505 e. The van der Waals surface area contributed by atoms with E-state index in [0.717, 1.165) is 17.9 Å². The van der Waals surface area contributed by atoms with E-state index in [4.69, 9.17) is 16.3 Å². The van der Waals surface area contributed by atoms with Gasteiger partial charge in [0.15, 0.2) is 11.6 Å². The van der Waals surface area contributed by atoms with Gasteiger partial charge in [-0.05, 0) is 68.1 Å². The van der Waals surface area contributed by atoms with Gasteiger partial charge >= 0.3 is 0 Å². The van der Waals surface area contributed by atoms with Crippen LogP contribution in [0.3, 0.4) is 0 Å². The van der Waals surface area contributed by atoms with E-state index in [9.17, 15) is 19.4 Å². The van der Waals surface area contributed by atoms with Crippen molar-refractivity contribution >= 4 is 17.5 Å². The normalized spacial score (nSPS) is 22.3. The fraction of sp³-hybridized carbons (Fsp3) is 0.350. The Morgan fingerprint density at radius 1 is 1.22 bits per heavy atom. The van der Waals surface area contributed by atoms with Crippen LogP contribution in [0.25, 0.3) is 0 Å². The molecule has 1 amide bonds. The predicted octanol–water partition coefficient (Wildman–Crippen LogP) is 3.67. The Morgan fingerprint density at radius 3 is 2.52 bits per heavy atom. The number of hydrogen-bond donors (Lipinski definition) is 3. The first-order valence-corrected chi connectivity index (χ1v) is 9.14. The molecule has 0 bridgehead atoms. The standard InChI is InChI=1S/C20H21ClFNO4/c21-14-2-4-15(5-3-14)27-16-7-9-20(26,10-8-16)12-23-19(25)13-1-6-18(24)17(22)11-13/h1-6,11,16,24,26H,7-10,12H2,(H,23,25). The topological polar surface area (TPSA) is 78.8 Å². The van der Waals surface area contributed by atoms with Crippen LogP contribution in [0.1, 0.15) is 36.0 Å².